The summed E-state index contributed by atoms with van der Waals surface area (Å²) in [6.07, 6.45) is 1.72. The zero-order valence-electron chi connectivity index (χ0n) is 8.90. The first-order chi connectivity index (χ1) is 7.25. The molecule has 15 heavy (non-hydrogen) atoms. The van der Waals surface area contributed by atoms with Gasteiger partial charge in [0.15, 0.2) is 0 Å². The number of rotatable bonds is 2. The van der Waals surface area contributed by atoms with Crippen LogP contribution in [0.1, 0.15) is 11.1 Å². The topological polar surface area (TPSA) is 22.1 Å². The largest absolute Gasteiger partial charge is 0.439 e. The van der Waals surface area contributed by atoms with Gasteiger partial charge in [-0.3, -0.25) is 0 Å². The third-order valence-corrected chi connectivity index (χ3v) is 2.18. The summed E-state index contributed by atoms with van der Waals surface area (Å²) in [6, 6.07) is 11.7. The SMILES string of the molecule is Cc1ccc(Oc2ccccn2)c(C)c1. The van der Waals surface area contributed by atoms with Gasteiger partial charge in [0.05, 0.1) is 0 Å². The second-order valence-corrected chi connectivity index (χ2v) is 3.54. The quantitative estimate of drug-likeness (QED) is 0.738. The number of pyridine rings is 1. The molecule has 1 heterocycles. The molecular formula is C13H13NO. The van der Waals surface area contributed by atoms with E-state index in [9.17, 15) is 0 Å². The summed E-state index contributed by atoms with van der Waals surface area (Å²) in [5, 5.41) is 0. The highest BCUT2D eigenvalue weighted by Gasteiger charge is 2.01. The van der Waals surface area contributed by atoms with Gasteiger partial charge in [0.2, 0.25) is 5.88 Å². The number of benzene rings is 1. The van der Waals surface area contributed by atoms with Gasteiger partial charge in [-0.1, -0.05) is 23.8 Å². The number of aryl methyl sites for hydroxylation is 2. The van der Waals surface area contributed by atoms with Crippen LogP contribution in [0.3, 0.4) is 0 Å². The molecule has 0 aliphatic heterocycles. The molecule has 0 atom stereocenters. The van der Waals surface area contributed by atoms with Gasteiger partial charge < -0.3 is 4.74 Å². The minimum Gasteiger partial charge on any atom is -0.439 e. The van der Waals surface area contributed by atoms with Crippen LogP contribution in [0.2, 0.25) is 0 Å². The smallest absolute Gasteiger partial charge is 0.219 e. The van der Waals surface area contributed by atoms with E-state index in [1.54, 1.807) is 6.20 Å². The normalized spacial score (nSPS) is 10.0. The molecular weight excluding hydrogens is 186 g/mol. The monoisotopic (exact) mass is 199 g/mol. The Balaban J connectivity index is 2.25. The molecule has 76 valence electrons. The Kier molecular flexibility index (Phi) is 2.68. The molecule has 2 nitrogen and oxygen atoms in total. The molecule has 0 unspecified atom stereocenters. The maximum absolute atomic E-state index is 5.65. The summed E-state index contributed by atoms with van der Waals surface area (Å²) in [5.74, 6) is 1.49. The fourth-order valence-corrected chi connectivity index (χ4v) is 1.43. The van der Waals surface area contributed by atoms with Crippen molar-refractivity contribution < 1.29 is 4.74 Å². The lowest BCUT2D eigenvalue weighted by molar-refractivity contribution is 0.459. The maximum Gasteiger partial charge on any atom is 0.219 e. The summed E-state index contributed by atoms with van der Waals surface area (Å²) in [4.78, 5) is 4.12. The van der Waals surface area contributed by atoms with E-state index in [1.807, 2.05) is 37.3 Å². The van der Waals surface area contributed by atoms with Crippen LogP contribution >= 0.6 is 0 Å². The number of ether oxygens (including phenoxy) is 1. The first-order valence-corrected chi connectivity index (χ1v) is 4.92. The minimum atomic E-state index is 0.629. The first kappa shape index (κ1) is 9.71. The Hall–Kier alpha value is -1.83. The molecule has 1 aromatic heterocycles. The van der Waals surface area contributed by atoms with Crippen molar-refractivity contribution in [1.82, 2.24) is 4.98 Å². The third-order valence-electron chi connectivity index (χ3n) is 2.18. The second kappa shape index (κ2) is 4.13. The first-order valence-electron chi connectivity index (χ1n) is 4.92. The van der Waals surface area contributed by atoms with Crippen molar-refractivity contribution in [3.05, 3.63) is 53.7 Å². The average molecular weight is 199 g/mol. The molecule has 0 fully saturated rings. The van der Waals surface area contributed by atoms with Crippen molar-refractivity contribution in [2.24, 2.45) is 0 Å². The van der Waals surface area contributed by atoms with E-state index < -0.39 is 0 Å². The summed E-state index contributed by atoms with van der Waals surface area (Å²) in [7, 11) is 0. The van der Waals surface area contributed by atoms with E-state index >= 15 is 0 Å². The molecule has 2 aromatic rings. The molecule has 0 radical (unpaired) electrons. The lowest BCUT2D eigenvalue weighted by Gasteiger charge is -2.07. The zero-order chi connectivity index (χ0) is 10.7. The van der Waals surface area contributed by atoms with E-state index in [0.717, 1.165) is 11.3 Å². The highest BCUT2D eigenvalue weighted by molar-refractivity contribution is 5.37. The van der Waals surface area contributed by atoms with Gasteiger partial charge in [-0.2, -0.15) is 0 Å². The average Bonchev–Trinajstić information content (AvgIpc) is 2.24. The third kappa shape index (κ3) is 2.34. The predicted octanol–water partition coefficient (Wildman–Crippen LogP) is 3.49. The second-order valence-electron chi connectivity index (χ2n) is 3.54. The maximum atomic E-state index is 5.65. The molecule has 0 amide bonds. The van der Waals surface area contributed by atoms with Crippen molar-refractivity contribution in [2.45, 2.75) is 13.8 Å². The summed E-state index contributed by atoms with van der Waals surface area (Å²) >= 11 is 0. The molecule has 0 aliphatic carbocycles. The van der Waals surface area contributed by atoms with E-state index in [1.165, 1.54) is 5.56 Å². The van der Waals surface area contributed by atoms with Crippen molar-refractivity contribution >= 4 is 0 Å². The summed E-state index contributed by atoms with van der Waals surface area (Å²) < 4.78 is 5.65. The number of aromatic nitrogens is 1. The van der Waals surface area contributed by atoms with Crippen LogP contribution in [0.4, 0.5) is 0 Å². The fourth-order valence-electron chi connectivity index (χ4n) is 1.43. The standard InChI is InChI=1S/C13H13NO/c1-10-6-7-12(11(2)9-10)15-13-5-3-4-8-14-13/h3-9H,1-2H3. The van der Waals surface area contributed by atoms with E-state index in [4.69, 9.17) is 4.74 Å². The Bertz CT molecular complexity index is 451. The molecule has 1 aromatic carbocycles. The lowest BCUT2D eigenvalue weighted by atomic mass is 10.1. The van der Waals surface area contributed by atoms with Gasteiger partial charge in [-0.15, -0.1) is 0 Å². The van der Waals surface area contributed by atoms with Crippen LogP contribution < -0.4 is 4.74 Å². The van der Waals surface area contributed by atoms with Crippen LogP contribution in [0.15, 0.2) is 42.6 Å². The van der Waals surface area contributed by atoms with Crippen LogP contribution in [0.25, 0.3) is 0 Å². The fraction of sp³-hybridized carbons (Fsp3) is 0.154. The van der Waals surface area contributed by atoms with E-state index in [0.29, 0.717) is 5.88 Å². The molecule has 0 spiro atoms. The van der Waals surface area contributed by atoms with Gasteiger partial charge in [-0.05, 0) is 31.5 Å². The molecule has 2 rings (SSSR count). The van der Waals surface area contributed by atoms with Crippen molar-refractivity contribution in [3.63, 3.8) is 0 Å². The zero-order valence-corrected chi connectivity index (χ0v) is 8.90. The van der Waals surface area contributed by atoms with Gasteiger partial charge in [0.1, 0.15) is 5.75 Å². The van der Waals surface area contributed by atoms with Gasteiger partial charge >= 0.3 is 0 Å². The number of nitrogens with zero attached hydrogens (tertiary/aromatic N) is 1. The van der Waals surface area contributed by atoms with Crippen molar-refractivity contribution in [2.75, 3.05) is 0 Å². The van der Waals surface area contributed by atoms with Crippen LogP contribution in [0, 0.1) is 13.8 Å². The highest BCUT2D eigenvalue weighted by atomic mass is 16.5. The van der Waals surface area contributed by atoms with Crippen molar-refractivity contribution in [3.8, 4) is 11.6 Å². The van der Waals surface area contributed by atoms with Crippen LogP contribution in [0.5, 0.6) is 11.6 Å². The molecule has 0 saturated heterocycles. The number of hydrogen-bond donors (Lipinski definition) is 0. The minimum absolute atomic E-state index is 0.629. The summed E-state index contributed by atoms with van der Waals surface area (Å²) in [6.45, 7) is 4.10. The molecule has 0 N–H and O–H groups in total. The summed E-state index contributed by atoms with van der Waals surface area (Å²) in [5.41, 5.74) is 2.36. The van der Waals surface area contributed by atoms with Gasteiger partial charge in [-0.25, -0.2) is 4.98 Å². The van der Waals surface area contributed by atoms with Crippen LogP contribution in [-0.4, -0.2) is 4.98 Å². The van der Waals surface area contributed by atoms with Gasteiger partial charge in [0.25, 0.3) is 0 Å². The van der Waals surface area contributed by atoms with Crippen LogP contribution in [-0.2, 0) is 0 Å². The Labute approximate surface area is 89.6 Å². The lowest BCUT2D eigenvalue weighted by Crippen LogP contribution is -1.89. The molecule has 0 bridgehead atoms. The number of hydrogen-bond acceptors (Lipinski definition) is 2. The van der Waals surface area contributed by atoms with E-state index in [2.05, 4.69) is 18.0 Å². The predicted molar refractivity (Wildman–Crippen MR) is 60.2 cm³/mol. The molecule has 2 heteroatoms. The van der Waals surface area contributed by atoms with Crippen molar-refractivity contribution in [1.29, 1.82) is 0 Å². The Morgan fingerprint density at radius 2 is 1.93 bits per heavy atom. The molecule has 0 aliphatic rings. The van der Waals surface area contributed by atoms with E-state index in [-0.39, 0.29) is 0 Å². The Morgan fingerprint density at radius 1 is 1.07 bits per heavy atom. The highest BCUT2D eigenvalue weighted by Crippen LogP contribution is 2.23. The molecule has 0 saturated carbocycles. The van der Waals surface area contributed by atoms with Gasteiger partial charge in [0, 0.05) is 12.3 Å². The Morgan fingerprint density at radius 3 is 2.60 bits per heavy atom.